The van der Waals surface area contributed by atoms with Crippen LogP contribution < -0.4 is 10.6 Å². The molecule has 0 saturated heterocycles. The Bertz CT molecular complexity index is 424. The monoisotopic (exact) mass is 260 g/mol. The molecule has 0 aromatic carbocycles. The van der Waals surface area contributed by atoms with Crippen molar-refractivity contribution in [2.45, 2.75) is 38.1 Å². The van der Waals surface area contributed by atoms with E-state index in [1.807, 2.05) is 0 Å². The van der Waals surface area contributed by atoms with Crippen molar-refractivity contribution in [1.29, 1.82) is 0 Å². The summed E-state index contributed by atoms with van der Waals surface area (Å²) in [5.74, 6) is 0.517. The van der Waals surface area contributed by atoms with Gasteiger partial charge in [-0.15, -0.1) is 6.58 Å². The number of carbonyl (C=O) groups is 1. The standard InChI is InChI=1S/C14H20N4O/c1-2-8-15-14(19)12-9-17-13(10-16-12)18-11-6-4-3-5-7-11/h2,9-11H,1,3-8H2,(H,15,19)(H,17,18). The maximum absolute atomic E-state index is 11.6. The summed E-state index contributed by atoms with van der Waals surface area (Å²) in [5, 5.41) is 6.04. The second-order valence-corrected chi connectivity index (χ2v) is 4.76. The number of aromatic nitrogens is 2. The van der Waals surface area contributed by atoms with Crippen LogP contribution in [0.4, 0.5) is 5.82 Å². The number of hydrogen-bond donors (Lipinski definition) is 2. The average Bonchev–Trinajstić information content (AvgIpc) is 2.46. The molecule has 5 heteroatoms. The quantitative estimate of drug-likeness (QED) is 0.796. The van der Waals surface area contributed by atoms with Crippen molar-refractivity contribution in [2.24, 2.45) is 0 Å². The molecule has 1 saturated carbocycles. The molecule has 5 nitrogen and oxygen atoms in total. The maximum Gasteiger partial charge on any atom is 0.271 e. The number of nitrogens with zero attached hydrogens (tertiary/aromatic N) is 2. The lowest BCUT2D eigenvalue weighted by molar-refractivity contribution is 0.0952. The molecule has 1 fully saturated rings. The Morgan fingerprint density at radius 2 is 2.11 bits per heavy atom. The van der Waals surface area contributed by atoms with Gasteiger partial charge in [0.25, 0.3) is 5.91 Å². The van der Waals surface area contributed by atoms with Crippen LogP contribution in [0.2, 0.25) is 0 Å². The Morgan fingerprint density at radius 1 is 1.32 bits per heavy atom. The smallest absolute Gasteiger partial charge is 0.271 e. The van der Waals surface area contributed by atoms with E-state index < -0.39 is 0 Å². The number of hydrogen-bond acceptors (Lipinski definition) is 4. The predicted octanol–water partition coefficient (Wildman–Crippen LogP) is 2.14. The summed E-state index contributed by atoms with van der Waals surface area (Å²) < 4.78 is 0. The van der Waals surface area contributed by atoms with Crippen LogP contribution in [0.25, 0.3) is 0 Å². The van der Waals surface area contributed by atoms with Gasteiger partial charge in [-0.3, -0.25) is 4.79 Å². The fraction of sp³-hybridized carbons (Fsp3) is 0.500. The third kappa shape index (κ3) is 4.05. The zero-order valence-electron chi connectivity index (χ0n) is 11.1. The van der Waals surface area contributed by atoms with Crippen LogP contribution in [0.1, 0.15) is 42.6 Å². The van der Waals surface area contributed by atoms with Gasteiger partial charge in [0.2, 0.25) is 0 Å². The molecule has 102 valence electrons. The van der Waals surface area contributed by atoms with Gasteiger partial charge >= 0.3 is 0 Å². The molecule has 1 heterocycles. The first-order valence-corrected chi connectivity index (χ1v) is 6.77. The van der Waals surface area contributed by atoms with Gasteiger partial charge in [0.05, 0.1) is 12.4 Å². The second kappa shape index (κ2) is 6.87. The lowest BCUT2D eigenvalue weighted by Crippen LogP contribution is -2.25. The molecule has 2 N–H and O–H groups in total. The number of rotatable bonds is 5. The highest BCUT2D eigenvalue weighted by molar-refractivity contribution is 5.92. The predicted molar refractivity (Wildman–Crippen MR) is 75.1 cm³/mol. The van der Waals surface area contributed by atoms with Crippen LogP contribution in [0.3, 0.4) is 0 Å². The van der Waals surface area contributed by atoms with E-state index in [2.05, 4.69) is 27.2 Å². The Balaban J connectivity index is 1.90. The molecule has 0 radical (unpaired) electrons. The summed E-state index contributed by atoms with van der Waals surface area (Å²) in [5.41, 5.74) is 0.330. The zero-order valence-corrected chi connectivity index (χ0v) is 11.1. The summed E-state index contributed by atoms with van der Waals surface area (Å²) in [7, 11) is 0. The van der Waals surface area contributed by atoms with Crippen LogP contribution in [0.15, 0.2) is 25.0 Å². The van der Waals surface area contributed by atoms with Crippen LogP contribution in [-0.2, 0) is 0 Å². The number of anilines is 1. The summed E-state index contributed by atoms with van der Waals surface area (Å²) in [6, 6.07) is 0.489. The van der Waals surface area contributed by atoms with E-state index in [-0.39, 0.29) is 5.91 Å². The van der Waals surface area contributed by atoms with Gasteiger partial charge in [-0.05, 0) is 12.8 Å². The van der Waals surface area contributed by atoms with Gasteiger partial charge in [0.15, 0.2) is 0 Å². The van der Waals surface area contributed by atoms with Gasteiger partial charge < -0.3 is 10.6 Å². The van der Waals surface area contributed by atoms with Gasteiger partial charge in [-0.25, -0.2) is 9.97 Å². The molecule has 1 aromatic rings. The van der Waals surface area contributed by atoms with Crippen LogP contribution in [0, 0.1) is 0 Å². The first kappa shape index (κ1) is 13.5. The van der Waals surface area contributed by atoms with E-state index in [9.17, 15) is 4.79 Å². The Hall–Kier alpha value is -1.91. The Kier molecular flexibility index (Phi) is 4.89. The first-order valence-electron chi connectivity index (χ1n) is 6.77. The molecule has 0 bridgehead atoms. The molecular formula is C14H20N4O. The van der Waals surface area contributed by atoms with Gasteiger partial charge in [0, 0.05) is 12.6 Å². The molecule has 0 aliphatic heterocycles. The third-order valence-electron chi connectivity index (χ3n) is 3.25. The minimum Gasteiger partial charge on any atom is -0.366 e. The lowest BCUT2D eigenvalue weighted by Gasteiger charge is -2.22. The van der Waals surface area contributed by atoms with Crippen molar-refractivity contribution in [2.75, 3.05) is 11.9 Å². The molecule has 19 heavy (non-hydrogen) atoms. The minimum absolute atomic E-state index is 0.225. The Morgan fingerprint density at radius 3 is 2.74 bits per heavy atom. The highest BCUT2D eigenvalue weighted by Crippen LogP contribution is 2.20. The topological polar surface area (TPSA) is 66.9 Å². The Labute approximate surface area is 113 Å². The first-order chi connectivity index (χ1) is 9.29. The van der Waals surface area contributed by atoms with Crippen molar-refractivity contribution < 1.29 is 4.79 Å². The van der Waals surface area contributed by atoms with Crippen molar-refractivity contribution in [3.05, 3.63) is 30.7 Å². The molecule has 0 atom stereocenters. The largest absolute Gasteiger partial charge is 0.366 e. The minimum atomic E-state index is -0.225. The normalized spacial score (nSPS) is 15.8. The van der Waals surface area contributed by atoms with Crippen molar-refractivity contribution in [1.82, 2.24) is 15.3 Å². The summed E-state index contributed by atoms with van der Waals surface area (Å²) in [6.45, 7) is 3.98. The van der Waals surface area contributed by atoms with E-state index >= 15 is 0 Å². The van der Waals surface area contributed by atoms with E-state index in [4.69, 9.17) is 0 Å². The number of nitrogens with one attached hydrogen (secondary N) is 2. The van der Waals surface area contributed by atoms with Crippen molar-refractivity contribution >= 4 is 11.7 Å². The summed E-state index contributed by atoms with van der Waals surface area (Å²) in [6.07, 6.45) is 11.0. The molecule has 1 amide bonds. The average molecular weight is 260 g/mol. The molecule has 0 spiro atoms. The fourth-order valence-corrected chi connectivity index (χ4v) is 2.23. The highest BCUT2D eigenvalue weighted by Gasteiger charge is 2.14. The lowest BCUT2D eigenvalue weighted by atomic mass is 9.96. The molecule has 1 aromatic heterocycles. The van der Waals surface area contributed by atoms with Crippen molar-refractivity contribution in [3.8, 4) is 0 Å². The van der Waals surface area contributed by atoms with E-state index in [0.29, 0.717) is 18.3 Å². The van der Waals surface area contributed by atoms with Crippen LogP contribution >= 0.6 is 0 Å². The van der Waals surface area contributed by atoms with Crippen LogP contribution in [0.5, 0.6) is 0 Å². The molecular weight excluding hydrogens is 240 g/mol. The number of carbonyl (C=O) groups excluding carboxylic acids is 1. The van der Waals surface area contributed by atoms with Gasteiger partial charge in [0.1, 0.15) is 11.5 Å². The summed E-state index contributed by atoms with van der Waals surface area (Å²) >= 11 is 0. The zero-order chi connectivity index (χ0) is 13.5. The molecule has 0 unspecified atom stereocenters. The van der Waals surface area contributed by atoms with E-state index in [1.165, 1.54) is 38.3 Å². The van der Waals surface area contributed by atoms with Crippen molar-refractivity contribution in [3.63, 3.8) is 0 Å². The molecule has 2 rings (SSSR count). The molecule has 1 aliphatic rings. The SMILES string of the molecule is C=CCNC(=O)c1cnc(NC2CCCCC2)cn1. The van der Waals surface area contributed by atoms with E-state index in [0.717, 1.165) is 5.82 Å². The van der Waals surface area contributed by atoms with E-state index in [1.54, 1.807) is 12.3 Å². The fourth-order valence-electron chi connectivity index (χ4n) is 2.23. The summed E-state index contributed by atoms with van der Waals surface area (Å²) in [4.78, 5) is 20.0. The third-order valence-corrected chi connectivity index (χ3v) is 3.25. The van der Waals surface area contributed by atoms with Crippen LogP contribution in [-0.4, -0.2) is 28.5 Å². The van der Waals surface area contributed by atoms with Gasteiger partial charge in [-0.2, -0.15) is 0 Å². The number of amides is 1. The van der Waals surface area contributed by atoms with Gasteiger partial charge in [-0.1, -0.05) is 25.3 Å². The second-order valence-electron chi connectivity index (χ2n) is 4.76. The maximum atomic E-state index is 11.6. The highest BCUT2D eigenvalue weighted by atomic mass is 16.1. The molecule has 1 aliphatic carbocycles.